The van der Waals surface area contributed by atoms with Crippen molar-refractivity contribution >= 4 is 0 Å². The molecule has 0 amide bonds. The number of hydrogen-bond acceptors (Lipinski definition) is 0. The molecule has 0 aromatic heterocycles. The molecule has 0 fully saturated rings. The van der Waals surface area contributed by atoms with Gasteiger partial charge in [0.15, 0.2) is 0 Å². The summed E-state index contributed by atoms with van der Waals surface area (Å²) in [6, 6.07) is 0. The summed E-state index contributed by atoms with van der Waals surface area (Å²) in [6.07, 6.45) is 25.5. The zero-order valence-corrected chi connectivity index (χ0v) is 8.78. The van der Waals surface area contributed by atoms with Gasteiger partial charge in [0.2, 0.25) is 0 Å². The van der Waals surface area contributed by atoms with Crippen molar-refractivity contribution in [2.24, 2.45) is 0 Å². The molecule has 0 nitrogen and oxygen atoms in total. The maximum absolute atomic E-state index is 3.25. The van der Waals surface area contributed by atoms with Crippen molar-refractivity contribution in [3.63, 3.8) is 0 Å². The average Bonchev–Trinajstić information content (AvgIpc) is 2.22. The van der Waals surface area contributed by atoms with E-state index in [1.54, 1.807) is 0 Å². The highest BCUT2D eigenvalue weighted by Gasteiger charge is 1.83. The molecule has 1 aliphatic rings. The monoisotopic (exact) mass is 187 g/mol. The van der Waals surface area contributed by atoms with Crippen molar-refractivity contribution in [2.75, 3.05) is 0 Å². The highest BCUT2D eigenvalue weighted by molar-refractivity contribution is 5.04. The molecule has 0 heterocycles. The Labute approximate surface area is 87.7 Å². The van der Waals surface area contributed by atoms with Crippen molar-refractivity contribution < 1.29 is 0 Å². The molecule has 0 N–H and O–H groups in total. The van der Waals surface area contributed by atoms with E-state index in [-0.39, 0.29) is 0 Å². The topological polar surface area (TPSA) is 0 Å². The third-order valence-electron chi connectivity index (χ3n) is 2.18. The molecule has 1 radical (unpaired) electrons. The molecule has 14 heavy (non-hydrogen) atoms. The lowest BCUT2D eigenvalue weighted by atomic mass is 10.1. The van der Waals surface area contributed by atoms with Crippen LogP contribution in [-0.2, 0) is 0 Å². The zero-order chi connectivity index (χ0) is 9.90. The molecule has 0 aromatic carbocycles. The quantitative estimate of drug-likeness (QED) is 0.528. The van der Waals surface area contributed by atoms with Crippen molar-refractivity contribution in [3.05, 3.63) is 48.6 Å². The lowest BCUT2D eigenvalue weighted by molar-refractivity contribution is 0.762. The highest BCUT2D eigenvalue weighted by Crippen LogP contribution is 2.03. The van der Waals surface area contributed by atoms with E-state index >= 15 is 0 Å². The van der Waals surface area contributed by atoms with Gasteiger partial charge >= 0.3 is 0 Å². The van der Waals surface area contributed by atoms with Crippen molar-refractivity contribution in [1.29, 1.82) is 0 Å². The van der Waals surface area contributed by atoms with E-state index in [4.69, 9.17) is 0 Å². The van der Waals surface area contributed by atoms with Crippen LogP contribution in [-0.4, -0.2) is 0 Å². The maximum atomic E-state index is 3.25. The van der Waals surface area contributed by atoms with Gasteiger partial charge in [0, 0.05) is 0 Å². The molecule has 0 aromatic rings. The van der Waals surface area contributed by atoms with Crippen LogP contribution in [0.2, 0.25) is 0 Å². The Balaban J connectivity index is 2.34. The van der Waals surface area contributed by atoms with Crippen LogP contribution in [0.25, 0.3) is 0 Å². The highest BCUT2D eigenvalue weighted by atomic mass is 13.9. The first-order valence-corrected chi connectivity index (χ1v) is 5.53. The standard InChI is InChI=1S/C14H19/c1-2-4-6-8-10-12-14-13-11-9-7-5-3-1/h1-4,12-14H,5-9,11H2/b3-1+,4-2+,12-10?,14-13-. The van der Waals surface area contributed by atoms with Gasteiger partial charge in [-0.05, 0) is 44.6 Å². The number of allylic oxidation sites excluding steroid dienone is 8. The zero-order valence-electron chi connectivity index (χ0n) is 8.78. The second-order valence-corrected chi connectivity index (χ2v) is 3.48. The Morgan fingerprint density at radius 3 is 2.14 bits per heavy atom. The Morgan fingerprint density at radius 1 is 0.714 bits per heavy atom. The smallest absolute Gasteiger partial charge is 0.0241 e. The first kappa shape index (κ1) is 11.0. The van der Waals surface area contributed by atoms with E-state index in [1.807, 2.05) is 6.08 Å². The minimum atomic E-state index is 1.02. The molecule has 0 saturated heterocycles. The van der Waals surface area contributed by atoms with Gasteiger partial charge in [0.05, 0.1) is 0 Å². The van der Waals surface area contributed by atoms with Gasteiger partial charge in [0.1, 0.15) is 0 Å². The Kier molecular flexibility index (Phi) is 6.74. The van der Waals surface area contributed by atoms with Gasteiger partial charge in [-0.15, -0.1) is 0 Å². The summed E-state index contributed by atoms with van der Waals surface area (Å²) in [5.74, 6) is 0. The minimum absolute atomic E-state index is 1.02. The molecule has 1 aliphatic carbocycles. The van der Waals surface area contributed by atoms with Crippen LogP contribution in [0.15, 0.2) is 42.5 Å². The molecule has 0 spiro atoms. The summed E-state index contributed by atoms with van der Waals surface area (Å²) in [5.41, 5.74) is 0. The summed E-state index contributed by atoms with van der Waals surface area (Å²) < 4.78 is 0. The van der Waals surface area contributed by atoms with Crippen molar-refractivity contribution in [3.8, 4) is 0 Å². The first-order chi connectivity index (χ1) is 7.00. The molecule has 1 rings (SSSR count). The molecule has 0 unspecified atom stereocenters. The summed E-state index contributed by atoms with van der Waals surface area (Å²) in [6.45, 7) is 0. The number of rotatable bonds is 0. The second kappa shape index (κ2) is 8.55. The van der Waals surface area contributed by atoms with Gasteiger partial charge in [-0.25, -0.2) is 0 Å². The van der Waals surface area contributed by atoms with Crippen LogP contribution in [0, 0.1) is 6.08 Å². The Morgan fingerprint density at radius 2 is 1.36 bits per heavy atom. The molecular formula is C14H19. The summed E-state index contributed by atoms with van der Waals surface area (Å²) in [7, 11) is 0. The van der Waals surface area contributed by atoms with Gasteiger partial charge < -0.3 is 0 Å². The minimum Gasteiger partial charge on any atom is -0.0845 e. The van der Waals surface area contributed by atoms with Gasteiger partial charge in [-0.3, -0.25) is 0 Å². The fourth-order valence-corrected chi connectivity index (χ4v) is 1.36. The van der Waals surface area contributed by atoms with Gasteiger partial charge in [0.25, 0.3) is 0 Å². The van der Waals surface area contributed by atoms with E-state index < -0.39 is 0 Å². The number of hydrogen-bond donors (Lipinski definition) is 0. The van der Waals surface area contributed by atoms with E-state index in [0.29, 0.717) is 0 Å². The second-order valence-electron chi connectivity index (χ2n) is 3.48. The van der Waals surface area contributed by atoms with Crippen LogP contribution < -0.4 is 0 Å². The third kappa shape index (κ3) is 6.47. The fourth-order valence-electron chi connectivity index (χ4n) is 1.36. The lowest BCUT2D eigenvalue weighted by Crippen LogP contribution is -1.72. The van der Waals surface area contributed by atoms with Crippen molar-refractivity contribution in [1.82, 2.24) is 0 Å². The predicted molar refractivity (Wildman–Crippen MR) is 62.9 cm³/mol. The van der Waals surface area contributed by atoms with Crippen LogP contribution in [0.3, 0.4) is 0 Å². The lowest BCUT2D eigenvalue weighted by Gasteiger charge is -1.92. The third-order valence-corrected chi connectivity index (χ3v) is 2.18. The summed E-state index contributed by atoms with van der Waals surface area (Å²) >= 11 is 0. The predicted octanol–water partition coefficient (Wildman–Crippen LogP) is 4.37. The largest absolute Gasteiger partial charge is 0.0845 e. The van der Waals surface area contributed by atoms with Crippen LogP contribution in [0.1, 0.15) is 38.5 Å². The summed E-state index contributed by atoms with van der Waals surface area (Å²) in [5, 5.41) is 0. The first-order valence-electron chi connectivity index (χ1n) is 5.53. The normalized spacial score (nSPS) is 28.6. The van der Waals surface area contributed by atoms with Crippen LogP contribution in [0.5, 0.6) is 0 Å². The van der Waals surface area contributed by atoms with E-state index in [9.17, 15) is 0 Å². The SMILES string of the molecule is [C]1=C/C=C\CCCC/C=C/C=C/CC/1. The summed E-state index contributed by atoms with van der Waals surface area (Å²) in [4.78, 5) is 0. The van der Waals surface area contributed by atoms with E-state index in [1.165, 1.54) is 25.7 Å². The molecule has 0 bridgehead atoms. The van der Waals surface area contributed by atoms with Crippen LogP contribution >= 0.6 is 0 Å². The molecule has 0 saturated carbocycles. The van der Waals surface area contributed by atoms with Crippen molar-refractivity contribution in [2.45, 2.75) is 38.5 Å². The van der Waals surface area contributed by atoms with E-state index in [0.717, 1.165) is 12.8 Å². The Hall–Kier alpha value is -1.04. The van der Waals surface area contributed by atoms with Gasteiger partial charge in [-0.2, -0.15) is 0 Å². The maximum Gasteiger partial charge on any atom is -0.0241 e. The molecule has 75 valence electrons. The molecule has 0 atom stereocenters. The molecular weight excluding hydrogens is 168 g/mol. The van der Waals surface area contributed by atoms with Crippen LogP contribution in [0.4, 0.5) is 0 Å². The van der Waals surface area contributed by atoms with E-state index in [2.05, 4.69) is 42.5 Å². The van der Waals surface area contributed by atoms with Gasteiger partial charge in [-0.1, -0.05) is 42.5 Å². The molecule has 0 heteroatoms. The Bertz CT molecular complexity index is 202. The molecule has 0 aliphatic heterocycles. The fraction of sp³-hybridized carbons (Fsp3) is 0.429. The average molecular weight is 187 g/mol.